The fourth-order valence-corrected chi connectivity index (χ4v) is 1.68. The number of hydrogen-bond acceptors (Lipinski definition) is 2. The minimum atomic E-state index is -0.233. The van der Waals surface area contributed by atoms with E-state index in [1.807, 2.05) is 38.1 Å². The van der Waals surface area contributed by atoms with Crippen LogP contribution in [0.3, 0.4) is 0 Å². The number of nitrogens with one attached hydrogen (secondary N) is 2. The van der Waals surface area contributed by atoms with Crippen LogP contribution in [0, 0.1) is 5.41 Å². The summed E-state index contributed by atoms with van der Waals surface area (Å²) in [5.74, 6) is 0. The van der Waals surface area contributed by atoms with E-state index in [2.05, 4.69) is 26.6 Å². The average molecular weight is 315 g/mol. The second kappa shape index (κ2) is 6.75. The predicted molar refractivity (Wildman–Crippen MR) is 76.6 cm³/mol. The molecule has 1 aromatic carbocycles. The molecule has 1 rings (SSSR count). The van der Waals surface area contributed by atoms with Crippen LogP contribution >= 0.6 is 15.9 Å². The fourth-order valence-electron chi connectivity index (χ4n) is 1.42. The number of urea groups is 1. The van der Waals surface area contributed by atoms with Crippen LogP contribution in [-0.4, -0.2) is 24.3 Å². The number of aliphatic hydroxyl groups is 1. The van der Waals surface area contributed by atoms with Crippen molar-refractivity contribution in [2.24, 2.45) is 5.41 Å². The van der Waals surface area contributed by atoms with E-state index in [0.717, 1.165) is 10.2 Å². The first kappa shape index (κ1) is 15.0. The Bertz CT molecular complexity index is 390. The lowest BCUT2D eigenvalue weighted by Crippen LogP contribution is -2.37. The molecule has 0 aromatic heterocycles. The number of amides is 2. The van der Waals surface area contributed by atoms with E-state index in [1.165, 1.54) is 0 Å². The Morgan fingerprint density at radius 2 is 1.94 bits per heavy atom. The van der Waals surface area contributed by atoms with Crippen LogP contribution in [0.2, 0.25) is 0 Å². The van der Waals surface area contributed by atoms with Crippen molar-refractivity contribution in [2.75, 3.05) is 18.5 Å². The van der Waals surface area contributed by atoms with Crippen molar-refractivity contribution < 1.29 is 9.90 Å². The molecule has 2 amide bonds. The topological polar surface area (TPSA) is 61.4 Å². The zero-order valence-electron chi connectivity index (χ0n) is 10.7. The van der Waals surface area contributed by atoms with E-state index in [1.54, 1.807) is 0 Å². The summed E-state index contributed by atoms with van der Waals surface area (Å²) in [4.78, 5) is 11.7. The van der Waals surface area contributed by atoms with Crippen LogP contribution in [0.5, 0.6) is 0 Å². The fraction of sp³-hybridized carbons (Fsp3) is 0.462. The van der Waals surface area contributed by atoms with Gasteiger partial charge in [-0.2, -0.15) is 0 Å². The van der Waals surface area contributed by atoms with E-state index in [0.29, 0.717) is 13.0 Å². The van der Waals surface area contributed by atoms with Crippen molar-refractivity contribution in [3.63, 3.8) is 0 Å². The van der Waals surface area contributed by atoms with Gasteiger partial charge < -0.3 is 15.7 Å². The molecule has 0 heterocycles. The molecule has 1 aromatic rings. The molecular weight excluding hydrogens is 296 g/mol. The first-order valence-corrected chi connectivity index (χ1v) is 6.63. The maximum atomic E-state index is 11.7. The first-order valence-electron chi connectivity index (χ1n) is 5.84. The Hall–Kier alpha value is -1.07. The standard InChI is InChI=1S/C13H19BrN2O2/c1-13(2,7-8-17)9-15-12(18)16-11-5-3-10(14)4-6-11/h3-6,17H,7-9H2,1-2H3,(H2,15,16,18). The number of carbonyl (C=O) groups excluding carboxylic acids is 1. The number of hydrogen-bond donors (Lipinski definition) is 3. The molecular formula is C13H19BrN2O2. The van der Waals surface area contributed by atoms with Crippen LogP contribution in [0.25, 0.3) is 0 Å². The normalized spacial score (nSPS) is 11.1. The highest BCUT2D eigenvalue weighted by molar-refractivity contribution is 9.10. The summed E-state index contributed by atoms with van der Waals surface area (Å²) in [5, 5.41) is 14.4. The third-order valence-electron chi connectivity index (χ3n) is 2.62. The number of rotatable bonds is 5. The SMILES string of the molecule is CC(C)(CCO)CNC(=O)Nc1ccc(Br)cc1. The van der Waals surface area contributed by atoms with Crippen LogP contribution < -0.4 is 10.6 Å². The zero-order chi connectivity index (χ0) is 13.6. The quantitative estimate of drug-likeness (QED) is 0.782. The Morgan fingerprint density at radius 1 is 1.33 bits per heavy atom. The molecule has 0 spiro atoms. The van der Waals surface area contributed by atoms with Crippen molar-refractivity contribution in [3.8, 4) is 0 Å². The van der Waals surface area contributed by atoms with Gasteiger partial charge in [-0.05, 0) is 36.1 Å². The van der Waals surface area contributed by atoms with E-state index >= 15 is 0 Å². The summed E-state index contributed by atoms with van der Waals surface area (Å²) in [6.45, 7) is 4.66. The van der Waals surface area contributed by atoms with Crippen molar-refractivity contribution in [3.05, 3.63) is 28.7 Å². The van der Waals surface area contributed by atoms with E-state index in [4.69, 9.17) is 5.11 Å². The second-order valence-corrected chi connectivity index (χ2v) is 5.87. The number of halogens is 1. The summed E-state index contributed by atoms with van der Waals surface area (Å²) < 4.78 is 0.970. The van der Waals surface area contributed by atoms with Crippen LogP contribution in [0.4, 0.5) is 10.5 Å². The van der Waals surface area contributed by atoms with Crippen LogP contribution in [0.15, 0.2) is 28.7 Å². The summed E-state index contributed by atoms with van der Waals surface area (Å²) in [6.07, 6.45) is 0.658. The molecule has 100 valence electrons. The zero-order valence-corrected chi connectivity index (χ0v) is 12.3. The second-order valence-electron chi connectivity index (χ2n) is 4.95. The Morgan fingerprint density at radius 3 is 2.50 bits per heavy atom. The Labute approximate surface area is 116 Å². The number of aliphatic hydroxyl groups excluding tert-OH is 1. The molecule has 18 heavy (non-hydrogen) atoms. The van der Waals surface area contributed by atoms with Gasteiger partial charge in [0.25, 0.3) is 0 Å². The smallest absolute Gasteiger partial charge is 0.319 e. The number of carbonyl (C=O) groups is 1. The highest BCUT2D eigenvalue weighted by atomic mass is 79.9. The minimum Gasteiger partial charge on any atom is -0.396 e. The lowest BCUT2D eigenvalue weighted by atomic mass is 9.90. The molecule has 0 radical (unpaired) electrons. The van der Waals surface area contributed by atoms with E-state index < -0.39 is 0 Å². The lowest BCUT2D eigenvalue weighted by Gasteiger charge is -2.23. The molecule has 0 fully saturated rings. The molecule has 0 saturated heterocycles. The average Bonchev–Trinajstić information content (AvgIpc) is 2.30. The van der Waals surface area contributed by atoms with Crippen LogP contribution in [0.1, 0.15) is 20.3 Å². The molecule has 0 bridgehead atoms. The maximum Gasteiger partial charge on any atom is 0.319 e. The third-order valence-corrected chi connectivity index (χ3v) is 3.15. The summed E-state index contributed by atoms with van der Waals surface area (Å²) in [5.41, 5.74) is 0.641. The number of anilines is 1. The van der Waals surface area contributed by atoms with Crippen LogP contribution in [-0.2, 0) is 0 Å². The van der Waals surface area contributed by atoms with E-state index in [9.17, 15) is 4.79 Å². The summed E-state index contributed by atoms with van der Waals surface area (Å²) in [7, 11) is 0. The molecule has 0 atom stereocenters. The molecule has 3 N–H and O–H groups in total. The highest BCUT2D eigenvalue weighted by Gasteiger charge is 2.17. The van der Waals surface area contributed by atoms with Crippen molar-refractivity contribution in [2.45, 2.75) is 20.3 Å². The van der Waals surface area contributed by atoms with Gasteiger partial charge in [-0.15, -0.1) is 0 Å². The molecule has 5 heteroatoms. The minimum absolute atomic E-state index is 0.105. The monoisotopic (exact) mass is 314 g/mol. The van der Waals surface area contributed by atoms with Gasteiger partial charge in [-0.3, -0.25) is 0 Å². The Balaban J connectivity index is 2.40. The molecule has 0 aliphatic rings. The first-order chi connectivity index (χ1) is 8.43. The van der Waals surface area contributed by atoms with Crippen molar-refractivity contribution in [1.29, 1.82) is 0 Å². The van der Waals surface area contributed by atoms with Gasteiger partial charge in [0.1, 0.15) is 0 Å². The lowest BCUT2D eigenvalue weighted by molar-refractivity contribution is 0.204. The maximum absolute atomic E-state index is 11.7. The van der Waals surface area contributed by atoms with Gasteiger partial charge in [-0.1, -0.05) is 29.8 Å². The number of benzene rings is 1. The third kappa shape index (κ3) is 5.51. The molecule has 0 saturated carbocycles. The van der Waals surface area contributed by atoms with Gasteiger partial charge in [0.2, 0.25) is 0 Å². The van der Waals surface area contributed by atoms with Gasteiger partial charge in [-0.25, -0.2) is 4.79 Å². The van der Waals surface area contributed by atoms with E-state index in [-0.39, 0.29) is 18.1 Å². The van der Waals surface area contributed by atoms with Gasteiger partial charge in [0.15, 0.2) is 0 Å². The molecule has 0 unspecified atom stereocenters. The summed E-state index contributed by atoms with van der Waals surface area (Å²) in [6, 6.07) is 7.14. The van der Waals surface area contributed by atoms with Gasteiger partial charge in [0, 0.05) is 23.3 Å². The predicted octanol–water partition coefficient (Wildman–Crippen LogP) is 2.98. The van der Waals surface area contributed by atoms with Gasteiger partial charge >= 0.3 is 6.03 Å². The molecule has 0 aliphatic carbocycles. The van der Waals surface area contributed by atoms with Crippen molar-refractivity contribution >= 4 is 27.6 Å². The summed E-state index contributed by atoms with van der Waals surface area (Å²) >= 11 is 3.33. The molecule has 0 aliphatic heterocycles. The highest BCUT2D eigenvalue weighted by Crippen LogP contribution is 2.18. The van der Waals surface area contributed by atoms with Crippen molar-refractivity contribution in [1.82, 2.24) is 5.32 Å². The Kier molecular flexibility index (Phi) is 5.62. The van der Waals surface area contributed by atoms with Gasteiger partial charge in [0.05, 0.1) is 0 Å². The largest absolute Gasteiger partial charge is 0.396 e. The molecule has 4 nitrogen and oxygen atoms in total.